The first kappa shape index (κ1) is 13.4. The number of rotatable bonds is 5. The van der Waals surface area contributed by atoms with Crippen molar-refractivity contribution in [2.75, 3.05) is 40.4 Å². The molecule has 2 unspecified atom stereocenters. The van der Waals surface area contributed by atoms with E-state index in [1.54, 1.807) is 7.11 Å². The minimum atomic E-state index is -0.550. The van der Waals surface area contributed by atoms with Gasteiger partial charge in [0.1, 0.15) is 6.04 Å². The van der Waals surface area contributed by atoms with Gasteiger partial charge in [0.05, 0.1) is 6.61 Å². The van der Waals surface area contributed by atoms with Gasteiger partial charge in [-0.2, -0.15) is 0 Å². The van der Waals surface area contributed by atoms with Crippen molar-refractivity contribution < 1.29 is 9.53 Å². The molecule has 1 aliphatic heterocycles. The normalized spacial score (nSPS) is 24.1. The lowest BCUT2D eigenvalue weighted by molar-refractivity contribution is -0.123. The number of methoxy groups -OCH3 is 1. The summed E-state index contributed by atoms with van der Waals surface area (Å²) in [7, 11) is 3.66. The molecule has 0 saturated carbocycles. The van der Waals surface area contributed by atoms with Gasteiger partial charge in [-0.1, -0.05) is 0 Å². The van der Waals surface area contributed by atoms with E-state index in [4.69, 9.17) is 10.5 Å². The van der Waals surface area contributed by atoms with Crippen LogP contribution >= 0.6 is 0 Å². The zero-order chi connectivity index (χ0) is 12.0. The lowest BCUT2D eigenvalue weighted by Crippen LogP contribution is -2.46. The minimum Gasteiger partial charge on any atom is -0.383 e. The van der Waals surface area contributed by atoms with E-state index in [2.05, 4.69) is 17.3 Å². The average Bonchev–Trinajstić information content (AvgIpc) is 2.26. The number of likely N-dealkylation sites (tertiary alicyclic amines) is 1. The topological polar surface area (TPSA) is 67.6 Å². The van der Waals surface area contributed by atoms with Crippen LogP contribution in [0.5, 0.6) is 0 Å². The highest BCUT2D eigenvalue weighted by molar-refractivity contribution is 5.81. The van der Waals surface area contributed by atoms with E-state index < -0.39 is 6.04 Å². The SMILES string of the molecule is COCC(N)C(=O)NCC1CCCN(C)C1. The number of piperidine rings is 1. The molecule has 1 heterocycles. The second kappa shape index (κ2) is 6.83. The van der Waals surface area contributed by atoms with Crippen LogP contribution in [0.15, 0.2) is 0 Å². The molecule has 0 aliphatic carbocycles. The van der Waals surface area contributed by atoms with Crippen LogP contribution in [0.4, 0.5) is 0 Å². The summed E-state index contributed by atoms with van der Waals surface area (Å²) in [6.45, 7) is 3.21. The Bertz CT molecular complexity index is 223. The Labute approximate surface area is 97.3 Å². The van der Waals surface area contributed by atoms with Gasteiger partial charge in [-0.25, -0.2) is 0 Å². The third-order valence-electron chi connectivity index (χ3n) is 2.97. The lowest BCUT2D eigenvalue weighted by atomic mass is 9.98. The third-order valence-corrected chi connectivity index (χ3v) is 2.97. The fourth-order valence-electron chi connectivity index (χ4n) is 2.07. The van der Waals surface area contributed by atoms with Gasteiger partial charge in [-0.3, -0.25) is 4.79 Å². The number of hydrogen-bond acceptors (Lipinski definition) is 4. The first-order chi connectivity index (χ1) is 7.63. The maximum absolute atomic E-state index is 11.5. The molecular weight excluding hydrogens is 206 g/mol. The van der Waals surface area contributed by atoms with E-state index in [0.29, 0.717) is 5.92 Å². The summed E-state index contributed by atoms with van der Waals surface area (Å²) >= 11 is 0. The van der Waals surface area contributed by atoms with Crippen molar-refractivity contribution in [3.8, 4) is 0 Å². The van der Waals surface area contributed by atoms with Crippen LogP contribution in [-0.4, -0.2) is 57.2 Å². The Balaban J connectivity index is 2.20. The molecule has 0 aromatic carbocycles. The van der Waals surface area contributed by atoms with Crippen LogP contribution in [0.3, 0.4) is 0 Å². The van der Waals surface area contributed by atoms with Crippen molar-refractivity contribution in [1.29, 1.82) is 0 Å². The smallest absolute Gasteiger partial charge is 0.239 e. The number of carbonyl (C=O) groups excluding carboxylic acids is 1. The van der Waals surface area contributed by atoms with Gasteiger partial charge in [0.2, 0.25) is 5.91 Å². The van der Waals surface area contributed by atoms with Crippen molar-refractivity contribution in [1.82, 2.24) is 10.2 Å². The lowest BCUT2D eigenvalue weighted by Gasteiger charge is -2.29. The highest BCUT2D eigenvalue weighted by atomic mass is 16.5. The van der Waals surface area contributed by atoms with Gasteiger partial charge >= 0.3 is 0 Å². The Morgan fingerprint density at radius 2 is 2.44 bits per heavy atom. The first-order valence-electron chi connectivity index (χ1n) is 5.84. The fraction of sp³-hybridized carbons (Fsp3) is 0.909. The molecular formula is C11H23N3O2. The Hall–Kier alpha value is -0.650. The summed E-state index contributed by atoms with van der Waals surface area (Å²) in [6, 6.07) is -0.550. The van der Waals surface area contributed by atoms with E-state index in [1.165, 1.54) is 12.8 Å². The predicted molar refractivity (Wildman–Crippen MR) is 63.1 cm³/mol. The minimum absolute atomic E-state index is 0.116. The molecule has 1 amide bonds. The molecule has 0 bridgehead atoms. The van der Waals surface area contributed by atoms with Gasteiger partial charge in [0.15, 0.2) is 0 Å². The zero-order valence-electron chi connectivity index (χ0n) is 10.2. The molecule has 0 aromatic rings. The Morgan fingerprint density at radius 1 is 1.69 bits per heavy atom. The summed E-state index contributed by atoms with van der Waals surface area (Å²) in [4.78, 5) is 13.8. The highest BCUT2D eigenvalue weighted by Gasteiger charge is 2.19. The first-order valence-corrected chi connectivity index (χ1v) is 5.84. The summed E-state index contributed by atoms with van der Waals surface area (Å²) < 4.78 is 4.84. The summed E-state index contributed by atoms with van der Waals surface area (Å²) in [5.74, 6) is 0.438. The molecule has 1 aliphatic rings. The molecule has 1 rings (SSSR count). The van der Waals surface area contributed by atoms with Crippen molar-refractivity contribution in [3.63, 3.8) is 0 Å². The molecule has 0 aromatic heterocycles. The zero-order valence-corrected chi connectivity index (χ0v) is 10.2. The third kappa shape index (κ3) is 4.47. The Kier molecular flexibility index (Phi) is 5.73. The largest absolute Gasteiger partial charge is 0.383 e. The van der Waals surface area contributed by atoms with Crippen molar-refractivity contribution >= 4 is 5.91 Å². The molecule has 1 fully saturated rings. The van der Waals surface area contributed by atoms with E-state index in [1.807, 2.05) is 0 Å². The molecule has 3 N–H and O–H groups in total. The number of carbonyl (C=O) groups is 1. The molecule has 0 radical (unpaired) electrons. The molecule has 2 atom stereocenters. The Morgan fingerprint density at radius 3 is 3.06 bits per heavy atom. The number of nitrogens with zero attached hydrogens (tertiary/aromatic N) is 1. The van der Waals surface area contributed by atoms with Crippen LogP contribution < -0.4 is 11.1 Å². The van der Waals surface area contributed by atoms with Gasteiger partial charge in [0, 0.05) is 20.2 Å². The summed E-state index contributed by atoms with van der Waals surface area (Å²) in [5, 5.41) is 2.89. The van der Waals surface area contributed by atoms with E-state index in [9.17, 15) is 4.79 Å². The van der Waals surface area contributed by atoms with Crippen molar-refractivity contribution in [2.24, 2.45) is 11.7 Å². The quantitative estimate of drug-likeness (QED) is 0.662. The molecule has 5 heteroatoms. The number of nitrogens with one attached hydrogen (secondary N) is 1. The van der Waals surface area contributed by atoms with Crippen LogP contribution in [0.2, 0.25) is 0 Å². The highest BCUT2D eigenvalue weighted by Crippen LogP contribution is 2.13. The maximum atomic E-state index is 11.5. The molecule has 94 valence electrons. The van der Waals surface area contributed by atoms with Gasteiger partial charge in [-0.05, 0) is 32.4 Å². The van der Waals surface area contributed by atoms with Gasteiger partial charge in [0.25, 0.3) is 0 Å². The van der Waals surface area contributed by atoms with Crippen molar-refractivity contribution in [2.45, 2.75) is 18.9 Å². The number of amides is 1. The van der Waals surface area contributed by atoms with E-state index >= 15 is 0 Å². The summed E-state index contributed by atoms with van der Waals surface area (Å²) in [5.41, 5.74) is 5.62. The number of hydrogen-bond donors (Lipinski definition) is 2. The fourth-order valence-corrected chi connectivity index (χ4v) is 2.07. The van der Waals surface area contributed by atoms with Gasteiger partial charge in [-0.15, -0.1) is 0 Å². The van der Waals surface area contributed by atoms with Crippen molar-refractivity contribution in [3.05, 3.63) is 0 Å². The van der Waals surface area contributed by atoms with Crippen LogP contribution in [-0.2, 0) is 9.53 Å². The number of ether oxygens (including phenoxy) is 1. The molecule has 0 spiro atoms. The molecule has 5 nitrogen and oxygen atoms in total. The molecule has 16 heavy (non-hydrogen) atoms. The molecule has 1 saturated heterocycles. The van der Waals surface area contributed by atoms with E-state index in [-0.39, 0.29) is 12.5 Å². The summed E-state index contributed by atoms with van der Waals surface area (Å²) in [6.07, 6.45) is 2.39. The monoisotopic (exact) mass is 229 g/mol. The standard InChI is InChI=1S/C11H23N3O2/c1-14-5-3-4-9(7-14)6-13-11(15)10(12)8-16-2/h9-10H,3-8,12H2,1-2H3,(H,13,15). The van der Waals surface area contributed by atoms with Crippen LogP contribution in [0, 0.1) is 5.92 Å². The van der Waals surface area contributed by atoms with E-state index in [0.717, 1.165) is 19.6 Å². The van der Waals surface area contributed by atoms with Crippen LogP contribution in [0.1, 0.15) is 12.8 Å². The average molecular weight is 229 g/mol. The second-order valence-corrected chi connectivity index (χ2v) is 4.58. The second-order valence-electron chi connectivity index (χ2n) is 4.58. The van der Waals surface area contributed by atoms with Gasteiger partial charge < -0.3 is 20.7 Å². The maximum Gasteiger partial charge on any atom is 0.239 e. The predicted octanol–water partition coefficient (Wildman–Crippen LogP) is -0.582. The number of nitrogens with two attached hydrogens (primary N) is 1. The van der Waals surface area contributed by atoms with Crippen LogP contribution in [0.25, 0.3) is 0 Å².